The first-order valence-corrected chi connectivity index (χ1v) is 4.87. The fourth-order valence-corrected chi connectivity index (χ4v) is 1.11. The van der Waals surface area contributed by atoms with Crippen LogP contribution in [0.25, 0.3) is 0 Å². The molecule has 15 heavy (non-hydrogen) atoms. The maximum absolute atomic E-state index is 13.5. The molecule has 1 rings (SSSR count). The summed E-state index contributed by atoms with van der Waals surface area (Å²) in [5, 5.41) is 2.85. The molecule has 0 fully saturated rings. The van der Waals surface area contributed by atoms with E-state index in [2.05, 4.69) is 15.3 Å². The van der Waals surface area contributed by atoms with Crippen molar-refractivity contribution in [2.45, 2.75) is 13.3 Å². The molecule has 0 radical (unpaired) electrons. The van der Waals surface area contributed by atoms with E-state index in [1.165, 1.54) is 6.33 Å². The van der Waals surface area contributed by atoms with E-state index in [4.69, 9.17) is 5.73 Å². The highest BCUT2D eigenvalue weighted by molar-refractivity contribution is 5.37. The molecule has 0 aromatic carbocycles. The Bertz CT molecular complexity index is 338. The SMILES string of the molecule is CCc1ncnc(NC/C=C/CN)c1F. The van der Waals surface area contributed by atoms with E-state index in [0.717, 1.165) is 0 Å². The molecule has 0 unspecified atom stereocenters. The Hall–Kier alpha value is -1.49. The van der Waals surface area contributed by atoms with Crippen molar-refractivity contribution in [1.82, 2.24) is 9.97 Å². The summed E-state index contributed by atoms with van der Waals surface area (Å²) in [6.07, 6.45) is 5.54. The smallest absolute Gasteiger partial charge is 0.186 e. The van der Waals surface area contributed by atoms with Crippen LogP contribution in [0.4, 0.5) is 10.2 Å². The van der Waals surface area contributed by atoms with Gasteiger partial charge in [-0.1, -0.05) is 19.1 Å². The molecule has 1 aromatic heterocycles. The largest absolute Gasteiger partial charge is 0.364 e. The van der Waals surface area contributed by atoms with Crippen molar-refractivity contribution >= 4 is 5.82 Å². The molecule has 82 valence electrons. The molecule has 0 amide bonds. The first-order chi connectivity index (χ1) is 7.29. The van der Waals surface area contributed by atoms with Gasteiger partial charge in [0.05, 0.1) is 5.69 Å². The summed E-state index contributed by atoms with van der Waals surface area (Å²) in [7, 11) is 0. The molecule has 1 heterocycles. The number of anilines is 1. The number of nitrogens with zero attached hydrogens (tertiary/aromatic N) is 2. The topological polar surface area (TPSA) is 63.8 Å². The number of rotatable bonds is 5. The van der Waals surface area contributed by atoms with Crippen molar-refractivity contribution in [2.75, 3.05) is 18.4 Å². The van der Waals surface area contributed by atoms with E-state index in [1.54, 1.807) is 6.08 Å². The number of nitrogens with one attached hydrogen (secondary N) is 1. The minimum absolute atomic E-state index is 0.239. The van der Waals surface area contributed by atoms with Crippen LogP contribution in [0.2, 0.25) is 0 Å². The Morgan fingerprint density at radius 1 is 1.47 bits per heavy atom. The molecule has 0 bridgehead atoms. The van der Waals surface area contributed by atoms with Gasteiger partial charge in [-0.25, -0.2) is 14.4 Å². The molecule has 0 aliphatic heterocycles. The Kier molecular flexibility index (Phi) is 4.70. The van der Waals surface area contributed by atoms with Crippen LogP contribution < -0.4 is 11.1 Å². The molecular weight excluding hydrogens is 195 g/mol. The highest BCUT2D eigenvalue weighted by atomic mass is 19.1. The van der Waals surface area contributed by atoms with Crippen LogP contribution in [0.3, 0.4) is 0 Å². The first-order valence-electron chi connectivity index (χ1n) is 4.87. The fourth-order valence-electron chi connectivity index (χ4n) is 1.11. The zero-order valence-corrected chi connectivity index (χ0v) is 8.70. The maximum atomic E-state index is 13.5. The molecule has 0 atom stereocenters. The van der Waals surface area contributed by atoms with Crippen LogP contribution in [0, 0.1) is 5.82 Å². The van der Waals surface area contributed by atoms with Gasteiger partial charge in [0.1, 0.15) is 6.33 Å². The lowest BCUT2D eigenvalue weighted by Crippen LogP contribution is -2.07. The van der Waals surface area contributed by atoms with Gasteiger partial charge in [-0.05, 0) is 6.42 Å². The summed E-state index contributed by atoms with van der Waals surface area (Å²) in [6.45, 7) is 2.84. The zero-order chi connectivity index (χ0) is 11.1. The van der Waals surface area contributed by atoms with Gasteiger partial charge in [0.2, 0.25) is 0 Å². The number of hydrogen-bond acceptors (Lipinski definition) is 4. The number of aromatic nitrogens is 2. The molecule has 0 spiro atoms. The van der Waals surface area contributed by atoms with Crippen LogP contribution in [0.15, 0.2) is 18.5 Å². The van der Waals surface area contributed by atoms with E-state index in [1.807, 2.05) is 13.0 Å². The van der Waals surface area contributed by atoms with E-state index in [0.29, 0.717) is 25.2 Å². The molecule has 1 aromatic rings. The van der Waals surface area contributed by atoms with E-state index >= 15 is 0 Å². The number of halogens is 1. The molecular formula is C10H15FN4. The van der Waals surface area contributed by atoms with Crippen LogP contribution >= 0.6 is 0 Å². The van der Waals surface area contributed by atoms with Crippen molar-refractivity contribution in [1.29, 1.82) is 0 Å². The summed E-state index contributed by atoms with van der Waals surface area (Å²) in [4.78, 5) is 7.66. The van der Waals surface area contributed by atoms with Crippen molar-refractivity contribution in [3.63, 3.8) is 0 Å². The monoisotopic (exact) mass is 210 g/mol. The Morgan fingerprint density at radius 3 is 2.93 bits per heavy atom. The van der Waals surface area contributed by atoms with Gasteiger partial charge in [-0.2, -0.15) is 0 Å². The molecule has 0 saturated carbocycles. The summed E-state index contributed by atoms with van der Waals surface area (Å²) in [5.41, 5.74) is 5.70. The fraction of sp³-hybridized carbons (Fsp3) is 0.400. The van der Waals surface area contributed by atoms with E-state index < -0.39 is 0 Å². The predicted octanol–water partition coefficient (Wildman–Crippen LogP) is 1.10. The average Bonchev–Trinajstić information content (AvgIpc) is 2.26. The molecule has 4 nitrogen and oxygen atoms in total. The molecule has 3 N–H and O–H groups in total. The Labute approximate surface area is 88.4 Å². The highest BCUT2D eigenvalue weighted by Gasteiger charge is 2.07. The number of nitrogens with two attached hydrogens (primary N) is 1. The second-order valence-electron chi connectivity index (χ2n) is 2.92. The highest BCUT2D eigenvalue weighted by Crippen LogP contribution is 2.12. The minimum atomic E-state index is -0.374. The van der Waals surface area contributed by atoms with Gasteiger partial charge in [-0.3, -0.25) is 0 Å². The van der Waals surface area contributed by atoms with Crippen LogP contribution in [-0.2, 0) is 6.42 Å². The number of aryl methyl sites for hydroxylation is 1. The molecule has 5 heteroatoms. The second kappa shape index (κ2) is 6.08. The number of hydrogen-bond donors (Lipinski definition) is 2. The van der Waals surface area contributed by atoms with E-state index in [-0.39, 0.29) is 11.6 Å². The maximum Gasteiger partial charge on any atom is 0.186 e. The van der Waals surface area contributed by atoms with Gasteiger partial charge in [-0.15, -0.1) is 0 Å². The minimum Gasteiger partial charge on any atom is -0.364 e. The first kappa shape index (κ1) is 11.6. The van der Waals surface area contributed by atoms with Crippen LogP contribution in [0.1, 0.15) is 12.6 Å². The summed E-state index contributed by atoms with van der Waals surface area (Å²) >= 11 is 0. The third-order valence-corrected chi connectivity index (χ3v) is 1.89. The van der Waals surface area contributed by atoms with Gasteiger partial charge in [0, 0.05) is 13.1 Å². The van der Waals surface area contributed by atoms with Crippen molar-refractivity contribution < 1.29 is 4.39 Å². The predicted molar refractivity (Wildman–Crippen MR) is 58.1 cm³/mol. The normalized spacial score (nSPS) is 10.9. The average molecular weight is 210 g/mol. The van der Waals surface area contributed by atoms with Gasteiger partial charge in [0.25, 0.3) is 0 Å². The summed E-state index contributed by atoms with van der Waals surface area (Å²) in [6, 6.07) is 0. The Balaban J connectivity index is 2.64. The van der Waals surface area contributed by atoms with Crippen molar-refractivity contribution in [2.24, 2.45) is 5.73 Å². The lowest BCUT2D eigenvalue weighted by Gasteiger charge is -2.05. The van der Waals surface area contributed by atoms with Gasteiger partial charge < -0.3 is 11.1 Å². The summed E-state index contributed by atoms with van der Waals surface area (Å²) < 4.78 is 13.5. The Morgan fingerprint density at radius 2 is 2.27 bits per heavy atom. The quantitative estimate of drug-likeness (QED) is 0.714. The van der Waals surface area contributed by atoms with Gasteiger partial charge in [0.15, 0.2) is 11.6 Å². The molecule has 0 saturated heterocycles. The standard InChI is InChI=1S/C10H15FN4/c1-2-8-9(11)10(15-7-14-8)13-6-4-3-5-12/h3-4,7H,2,5-6,12H2,1H3,(H,13,14,15)/b4-3+. The second-order valence-corrected chi connectivity index (χ2v) is 2.92. The zero-order valence-electron chi connectivity index (χ0n) is 8.70. The molecule has 0 aliphatic rings. The molecule has 0 aliphatic carbocycles. The lowest BCUT2D eigenvalue weighted by atomic mass is 10.3. The third-order valence-electron chi connectivity index (χ3n) is 1.89. The van der Waals surface area contributed by atoms with Crippen LogP contribution in [0.5, 0.6) is 0 Å². The third kappa shape index (κ3) is 3.28. The summed E-state index contributed by atoms with van der Waals surface area (Å²) in [5.74, 6) is -0.135. The van der Waals surface area contributed by atoms with Gasteiger partial charge >= 0.3 is 0 Å². The van der Waals surface area contributed by atoms with E-state index in [9.17, 15) is 4.39 Å². The van der Waals surface area contributed by atoms with Crippen molar-refractivity contribution in [3.05, 3.63) is 30.0 Å². The van der Waals surface area contributed by atoms with Crippen molar-refractivity contribution in [3.8, 4) is 0 Å². The van der Waals surface area contributed by atoms with Crippen LogP contribution in [-0.4, -0.2) is 23.1 Å². The lowest BCUT2D eigenvalue weighted by molar-refractivity contribution is 0.597.